The Bertz CT molecular complexity index is 923. The Labute approximate surface area is 170 Å². The molecular formula is C23H25N3O3. The fourth-order valence-electron chi connectivity index (χ4n) is 4.41. The predicted molar refractivity (Wildman–Crippen MR) is 111 cm³/mol. The summed E-state index contributed by atoms with van der Waals surface area (Å²) < 4.78 is 0. The van der Waals surface area contributed by atoms with Crippen molar-refractivity contribution >= 4 is 23.6 Å². The van der Waals surface area contributed by atoms with Gasteiger partial charge in [0.2, 0.25) is 5.91 Å². The maximum absolute atomic E-state index is 12.6. The summed E-state index contributed by atoms with van der Waals surface area (Å²) in [4.78, 5) is 26.1. The van der Waals surface area contributed by atoms with Gasteiger partial charge < -0.3 is 5.32 Å². The molecule has 6 heteroatoms. The van der Waals surface area contributed by atoms with Crippen LogP contribution in [0.15, 0.2) is 54.6 Å². The largest absolute Gasteiger partial charge is 0.325 e. The van der Waals surface area contributed by atoms with E-state index in [-0.39, 0.29) is 11.8 Å². The van der Waals surface area contributed by atoms with Crippen LogP contribution in [-0.2, 0) is 16.1 Å². The van der Waals surface area contributed by atoms with Crippen LogP contribution < -0.4 is 10.8 Å². The lowest BCUT2D eigenvalue weighted by molar-refractivity contribution is -0.124. The Kier molecular flexibility index (Phi) is 5.74. The molecule has 2 atom stereocenters. The second-order valence-electron chi connectivity index (χ2n) is 7.74. The Hall–Kier alpha value is -2.96. The highest BCUT2D eigenvalue weighted by molar-refractivity contribution is 6.03. The number of para-hydroxylation sites is 1. The summed E-state index contributed by atoms with van der Waals surface area (Å²) in [5, 5.41) is 11.6. The third-order valence-corrected chi connectivity index (χ3v) is 5.77. The molecule has 2 aromatic carbocycles. The van der Waals surface area contributed by atoms with E-state index in [1.165, 1.54) is 11.6 Å². The number of hydroxylamine groups is 1. The minimum atomic E-state index is -0.550. The molecule has 3 N–H and O–H groups in total. The van der Waals surface area contributed by atoms with Gasteiger partial charge in [0.05, 0.1) is 5.92 Å². The molecule has 1 saturated heterocycles. The molecule has 0 spiro atoms. The van der Waals surface area contributed by atoms with Crippen LogP contribution in [0, 0.1) is 5.92 Å². The first-order valence-electron chi connectivity index (χ1n) is 9.97. The lowest BCUT2D eigenvalue weighted by Crippen LogP contribution is -2.38. The predicted octanol–water partition coefficient (Wildman–Crippen LogP) is 3.15. The fourth-order valence-corrected chi connectivity index (χ4v) is 4.41. The quantitative estimate of drug-likeness (QED) is 0.415. The average molecular weight is 391 g/mol. The fraction of sp³-hybridized carbons (Fsp3) is 0.304. The molecule has 2 aliphatic rings. The number of carbonyl (C=O) groups is 2. The Morgan fingerprint density at radius 1 is 1.21 bits per heavy atom. The molecule has 2 heterocycles. The molecule has 2 aromatic rings. The number of hydrogen-bond acceptors (Lipinski definition) is 4. The van der Waals surface area contributed by atoms with Crippen molar-refractivity contribution in [1.29, 1.82) is 0 Å². The van der Waals surface area contributed by atoms with Gasteiger partial charge in [0.1, 0.15) is 0 Å². The molecular weight excluding hydrogens is 366 g/mol. The summed E-state index contributed by atoms with van der Waals surface area (Å²) in [7, 11) is 0. The van der Waals surface area contributed by atoms with Crippen LogP contribution in [0.2, 0.25) is 0 Å². The molecule has 150 valence electrons. The molecule has 0 aromatic heterocycles. The topological polar surface area (TPSA) is 81.7 Å². The van der Waals surface area contributed by atoms with E-state index in [0.717, 1.165) is 49.3 Å². The number of piperidine rings is 1. The summed E-state index contributed by atoms with van der Waals surface area (Å²) in [6, 6.07) is 16.0. The molecule has 2 aliphatic heterocycles. The van der Waals surface area contributed by atoms with Crippen LogP contribution >= 0.6 is 0 Å². The minimum Gasteiger partial charge on any atom is -0.325 e. The molecule has 0 saturated carbocycles. The number of anilines is 1. The first kappa shape index (κ1) is 19.4. The number of nitrogens with one attached hydrogen (secondary N) is 2. The lowest BCUT2D eigenvalue weighted by Gasteiger charge is -2.35. The molecule has 0 aliphatic carbocycles. The number of hydrogen-bond donors (Lipinski definition) is 3. The standard InChI is InChI=1S/C23H25N3O3/c27-21(25-29)12-11-16-7-9-17(10-8-16)14-26-13-3-4-18(15-26)22-19-5-1-2-6-20(19)24-23(22)28/h1-2,5-12,18,22,29H,3-4,13-15H2,(H,24,28)(H,25,27)/b12-11+. The van der Waals surface area contributed by atoms with Crippen molar-refractivity contribution in [2.45, 2.75) is 25.3 Å². The van der Waals surface area contributed by atoms with Crippen molar-refractivity contribution in [3.05, 3.63) is 71.3 Å². The molecule has 29 heavy (non-hydrogen) atoms. The van der Waals surface area contributed by atoms with Crippen molar-refractivity contribution < 1.29 is 14.8 Å². The van der Waals surface area contributed by atoms with Gasteiger partial charge in [-0.1, -0.05) is 42.5 Å². The van der Waals surface area contributed by atoms with Crippen molar-refractivity contribution in [3.63, 3.8) is 0 Å². The molecule has 0 bridgehead atoms. The smallest absolute Gasteiger partial charge is 0.267 e. The summed E-state index contributed by atoms with van der Waals surface area (Å²) in [6.07, 6.45) is 5.10. The number of rotatable bonds is 5. The molecule has 4 rings (SSSR count). The van der Waals surface area contributed by atoms with Crippen LogP contribution in [0.25, 0.3) is 6.08 Å². The van der Waals surface area contributed by atoms with Crippen molar-refractivity contribution in [2.75, 3.05) is 18.4 Å². The number of benzene rings is 2. The highest BCUT2D eigenvalue weighted by Gasteiger charge is 2.38. The number of carbonyl (C=O) groups excluding carboxylic acids is 2. The van der Waals surface area contributed by atoms with Gasteiger partial charge in [-0.2, -0.15) is 0 Å². The van der Waals surface area contributed by atoms with Crippen LogP contribution in [0.5, 0.6) is 0 Å². The van der Waals surface area contributed by atoms with E-state index in [0.29, 0.717) is 5.92 Å². The van der Waals surface area contributed by atoms with E-state index in [2.05, 4.69) is 28.4 Å². The number of likely N-dealkylation sites (tertiary alicyclic amines) is 1. The Balaban J connectivity index is 1.40. The average Bonchev–Trinajstić information content (AvgIpc) is 3.09. The molecule has 2 unspecified atom stereocenters. The van der Waals surface area contributed by atoms with E-state index < -0.39 is 5.91 Å². The second-order valence-corrected chi connectivity index (χ2v) is 7.74. The zero-order valence-corrected chi connectivity index (χ0v) is 16.2. The summed E-state index contributed by atoms with van der Waals surface area (Å²) in [5.74, 6) is -0.155. The lowest BCUT2D eigenvalue weighted by atomic mass is 9.81. The third kappa shape index (κ3) is 4.39. The number of fused-ring (bicyclic) bond motifs is 1. The maximum atomic E-state index is 12.6. The molecule has 6 nitrogen and oxygen atoms in total. The van der Waals surface area contributed by atoms with E-state index >= 15 is 0 Å². The van der Waals surface area contributed by atoms with E-state index in [4.69, 9.17) is 5.21 Å². The maximum Gasteiger partial charge on any atom is 0.267 e. The van der Waals surface area contributed by atoms with Gasteiger partial charge in [0, 0.05) is 24.9 Å². The highest BCUT2D eigenvalue weighted by Crippen LogP contribution is 2.40. The minimum absolute atomic E-state index is 0.0563. The summed E-state index contributed by atoms with van der Waals surface area (Å²) in [5.41, 5.74) is 5.76. The second kappa shape index (κ2) is 8.59. The van der Waals surface area contributed by atoms with E-state index in [1.807, 2.05) is 30.3 Å². The zero-order valence-electron chi connectivity index (χ0n) is 16.2. The first-order valence-corrected chi connectivity index (χ1v) is 9.97. The van der Waals surface area contributed by atoms with Crippen LogP contribution in [0.1, 0.15) is 35.4 Å². The Morgan fingerprint density at radius 3 is 2.79 bits per heavy atom. The van der Waals surface area contributed by atoms with Gasteiger partial charge >= 0.3 is 0 Å². The highest BCUT2D eigenvalue weighted by atomic mass is 16.5. The van der Waals surface area contributed by atoms with Crippen molar-refractivity contribution in [2.24, 2.45) is 5.92 Å². The van der Waals surface area contributed by atoms with Crippen LogP contribution in [0.3, 0.4) is 0 Å². The monoisotopic (exact) mass is 391 g/mol. The molecule has 1 fully saturated rings. The normalized spacial score (nSPS) is 21.8. The first-order chi connectivity index (χ1) is 14.1. The zero-order chi connectivity index (χ0) is 20.2. The van der Waals surface area contributed by atoms with Crippen LogP contribution in [-0.4, -0.2) is 35.0 Å². The van der Waals surface area contributed by atoms with Gasteiger partial charge in [0.15, 0.2) is 0 Å². The van der Waals surface area contributed by atoms with E-state index in [1.54, 1.807) is 11.6 Å². The van der Waals surface area contributed by atoms with Crippen molar-refractivity contribution in [3.8, 4) is 0 Å². The van der Waals surface area contributed by atoms with E-state index in [9.17, 15) is 9.59 Å². The van der Waals surface area contributed by atoms with Crippen molar-refractivity contribution in [1.82, 2.24) is 10.4 Å². The van der Waals surface area contributed by atoms with Gasteiger partial charge in [-0.05, 0) is 54.1 Å². The van der Waals surface area contributed by atoms with Gasteiger partial charge in [-0.15, -0.1) is 0 Å². The SMILES string of the molecule is O=C(/C=C/c1ccc(CN2CCCC(C3C(=O)Nc4ccccc43)C2)cc1)NO. The van der Waals surface area contributed by atoms with Gasteiger partial charge in [-0.25, -0.2) is 5.48 Å². The van der Waals surface area contributed by atoms with Crippen LogP contribution in [0.4, 0.5) is 5.69 Å². The van der Waals surface area contributed by atoms with Gasteiger partial charge in [-0.3, -0.25) is 19.7 Å². The number of amides is 2. The summed E-state index contributed by atoms with van der Waals surface area (Å²) >= 11 is 0. The molecule has 0 radical (unpaired) electrons. The molecule has 2 amide bonds. The summed E-state index contributed by atoms with van der Waals surface area (Å²) in [6.45, 7) is 2.78. The van der Waals surface area contributed by atoms with Gasteiger partial charge in [0.25, 0.3) is 5.91 Å². The Morgan fingerprint density at radius 2 is 2.00 bits per heavy atom. The number of nitrogens with zero attached hydrogens (tertiary/aromatic N) is 1. The third-order valence-electron chi connectivity index (χ3n) is 5.77.